The summed E-state index contributed by atoms with van der Waals surface area (Å²) < 4.78 is 13.1. The summed E-state index contributed by atoms with van der Waals surface area (Å²) in [7, 11) is -0.849. The molecule has 0 amide bonds. The topological polar surface area (TPSA) is 53.5 Å². The van der Waals surface area contributed by atoms with E-state index in [9.17, 15) is 4.21 Å². The summed E-state index contributed by atoms with van der Waals surface area (Å²) in [5.41, 5.74) is 1.54. The number of benzene rings is 1. The predicted molar refractivity (Wildman–Crippen MR) is 127 cm³/mol. The highest BCUT2D eigenvalue weighted by Crippen LogP contribution is 2.48. The first-order chi connectivity index (χ1) is 11.8. The van der Waals surface area contributed by atoms with Crippen molar-refractivity contribution in [3.05, 3.63) is 34.3 Å². The highest BCUT2D eigenvalue weighted by molar-refractivity contribution is 14.0. The third kappa shape index (κ3) is 7.11. The lowest BCUT2D eigenvalue weighted by Crippen LogP contribution is -2.40. The summed E-state index contributed by atoms with van der Waals surface area (Å²) in [5, 5.41) is 6.61. The number of hydrogen-bond acceptors (Lipinski definition) is 2. The average Bonchev–Trinajstić information content (AvgIpc) is 3.33. The van der Waals surface area contributed by atoms with Gasteiger partial charge in [0, 0.05) is 44.3 Å². The summed E-state index contributed by atoms with van der Waals surface area (Å²) in [6.45, 7) is 10.4. The van der Waals surface area contributed by atoms with Crippen molar-refractivity contribution in [1.29, 1.82) is 0 Å². The van der Waals surface area contributed by atoms with Gasteiger partial charge in [0.2, 0.25) is 0 Å². The van der Waals surface area contributed by atoms with Crippen LogP contribution in [0.3, 0.4) is 0 Å². The van der Waals surface area contributed by atoms with Crippen molar-refractivity contribution in [1.82, 2.24) is 10.6 Å². The van der Waals surface area contributed by atoms with Crippen LogP contribution in [0.2, 0.25) is 0 Å². The minimum absolute atomic E-state index is 0. The maximum atomic E-state index is 12.2. The second-order valence-electron chi connectivity index (χ2n) is 7.57. The standard InChI is InChI=1S/C19H30BrN3OS.HI/c1-5-21-17(22-11-12-25(24)18(2,3)4)23-14-19(9-10-19)15-7-6-8-16(20)13-15;/h6-8,13H,5,9-12,14H2,1-4H3,(H2,21,22,23);1H. The molecule has 0 aromatic heterocycles. The molecule has 4 nitrogen and oxygen atoms in total. The second-order valence-corrected chi connectivity index (χ2v) is 10.8. The van der Waals surface area contributed by atoms with E-state index in [4.69, 9.17) is 4.99 Å². The quantitative estimate of drug-likeness (QED) is 0.301. The molecule has 1 aromatic rings. The van der Waals surface area contributed by atoms with Gasteiger partial charge in [-0.25, -0.2) is 0 Å². The van der Waals surface area contributed by atoms with Crippen LogP contribution in [-0.2, 0) is 16.2 Å². The van der Waals surface area contributed by atoms with E-state index in [1.54, 1.807) is 0 Å². The van der Waals surface area contributed by atoms with Gasteiger partial charge in [-0.2, -0.15) is 0 Å². The van der Waals surface area contributed by atoms with Gasteiger partial charge >= 0.3 is 0 Å². The number of nitrogens with one attached hydrogen (secondary N) is 2. The summed E-state index contributed by atoms with van der Waals surface area (Å²) in [6, 6.07) is 8.55. The van der Waals surface area contributed by atoms with E-state index in [2.05, 4.69) is 57.8 Å². The fourth-order valence-corrected chi connectivity index (χ4v) is 3.95. The fraction of sp³-hybridized carbons (Fsp3) is 0.632. The molecule has 1 unspecified atom stereocenters. The molecule has 26 heavy (non-hydrogen) atoms. The number of hydrogen-bond donors (Lipinski definition) is 2. The Balaban J connectivity index is 0.00000338. The summed E-state index contributed by atoms with van der Waals surface area (Å²) >= 11 is 3.56. The third-order valence-corrected chi connectivity index (χ3v) is 6.87. The van der Waals surface area contributed by atoms with Gasteiger partial charge in [-0.15, -0.1) is 24.0 Å². The van der Waals surface area contributed by atoms with Crippen molar-refractivity contribution in [3.8, 4) is 0 Å². The van der Waals surface area contributed by atoms with Gasteiger partial charge in [0.25, 0.3) is 0 Å². The Morgan fingerprint density at radius 2 is 2.00 bits per heavy atom. The molecule has 1 atom stereocenters. The largest absolute Gasteiger partial charge is 0.357 e. The van der Waals surface area contributed by atoms with Gasteiger partial charge in [-0.3, -0.25) is 9.20 Å². The molecular weight excluding hydrogens is 525 g/mol. The zero-order valence-corrected chi connectivity index (χ0v) is 20.8. The first-order valence-electron chi connectivity index (χ1n) is 8.93. The molecule has 1 aliphatic carbocycles. The monoisotopic (exact) mass is 555 g/mol. The summed E-state index contributed by atoms with van der Waals surface area (Å²) in [5.74, 6) is 1.44. The van der Waals surface area contributed by atoms with E-state index in [0.29, 0.717) is 12.3 Å². The molecule has 0 radical (unpaired) electrons. The average molecular weight is 556 g/mol. The molecule has 2 N–H and O–H groups in total. The van der Waals surface area contributed by atoms with E-state index in [0.717, 1.165) is 23.5 Å². The zero-order chi connectivity index (χ0) is 18.5. The molecule has 2 rings (SSSR count). The van der Waals surface area contributed by atoms with E-state index in [-0.39, 0.29) is 34.1 Å². The molecule has 0 bridgehead atoms. The van der Waals surface area contributed by atoms with Crippen LogP contribution < -0.4 is 10.6 Å². The van der Waals surface area contributed by atoms with Crippen LogP contribution in [0.5, 0.6) is 0 Å². The van der Waals surface area contributed by atoms with Crippen molar-refractivity contribution in [3.63, 3.8) is 0 Å². The number of aliphatic imine (C=N–C) groups is 1. The second kappa shape index (κ2) is 10.4. The van der Waals surface area contributed by atoms with E-state index < -0.39 is 10.8 Å². The van der Waals surface area contributed by atoms with Crippen molar-refractivity contribution in [2.75, 3.05) is 25.4 Å². The number of nitrogens with zero attached hydrogens (tertiary/aromatic N) is 1. The van der Waals surface area contributed by atoms with Crippen LogP contribution in [0.4, 0.5) is 0 Å². The Morgan fingerprint density at radius 1 is 1.31 bits per heavy atom. The Kier molecular flexibility index (Phi) is 9.56. The zero-order valence-electron chi connectivity index (χ0n) is 16.1. The number of guanidine groups is 1. The van der Waals surface area contributed by atoms with Crippen molar-refractivity contribution in [2.24, 2.45) is 4.99 Å². The van der Waals surface area contributed by atoms with Crippen LogP contribution in [0.25, 0.3) is 0 Å². The Bertz CT molecular complexity index is 642. The smallest absolute Gasteiger partial charge is 0.191 e. The van der Waals surface area contributed by atoms with E-state index in [1.807, 2.05) is 20.8 Å². The Hall–Kier alpha value is -0.150. The molecule has 1 aromatic carbocycles. The van der Waals surface area contributed by atoms with Crippen LogP contribution in [0, 0.1) is 0 Å². The molecule has 0 heterocycles. The molecular formula is C19H31BrIN3OS. The van der Waals surface area contributed by atoms with Gasteiger partial charge < -0.3 is 10.6 Å². The van der Waals surface area contributed by atoms with Crippen molar-refractivity contribution in [2.45, 2.75) is 50.7 Å². The lowest BCUT2D eigenvalue weighted by Gasteiger charge is -2.19. The number of halogens is 2. The SMILES string of the molecule is CCNC(=NCC1(c2cccc(Br)c2)CC1)NCCS(=O)C(C)(C)C.I. The maximum absolute atomic E-state index is 12.2. The molecule has 1 aliphatic rings. The minimum Gasteiger partial charge on any atom is -0.357 e. The van der Waals surface area contributed by atoms with Gasteiger partial charge in [-0.05, 0) is 58.2 Å². The molecule has 148 valence electrons. The number of rotatable bonds is 7. The molecule has 1 saturated carbocycles. The van der Waals surface area contributed by atoms with E-state index in [1.165, 1.54) is 18.4 Å². The highest BCUT2D eigenvalue weighted by atomic mass is 127. The lowest BCUT2D eigenvalue weighted by atomic mass is 9.96. The first kappa shape index (κ1) is 23.9. The van der Waals surface area contributed by atoms with Gasteiger partial charge in [0.1, 0.15) is 0 Å². The molecule has 0 saturated heterocycles. The Morgan fingerprint density at radius 3 is 2.54 bits per heavy atom. The third-order valence-electron chi connectivity index (χ3n) is 4.44. The van der Waals surface area contributed by atoms with E-state index >= 15 is 0 Å². The molecule has 7 heteroatoms. The normalized spacial score (nSPS) is 17.2. The van der Waals surface area contributed by atoms with Crippen molar-refractivity contribution < 1.29 is 4.21 Å². The van der Waals surface area contributed by atoms with Crippen molar-refractivity contribution >= 4 is 56.7 Å². The van der Waals surface area contributed by atoms with Crippen LogP contribution in [0.15, 0.2) is 33.7 Å². The predicted octanol–water partition coefficient (Wildman–Crippen LogP) is 4.20. The molecule has 1 fully saturated rings. The first-order valence-corrected chi connectivity index (χ1v) is 11.0. The minimum atomic E-state index is -0.849. The van der Waals surface area contributed by atoms with Crippen LogP contribution >= 0.6 is 39.9 Å². The van der Waals surface area contributed by atoms with Crippen LogP contribution in [0.1, 0.15) is 46.1 Å². The Labute approximate surface area is 186 Å². The van der Waals surface area contributed by atoms with Gasteiger partial charge in [-0.1, -0.05) is 28.1 Å². The maximum Gasteiger partial charge on any atom is 0.191 e. The summed E-state index contributed by atoms with van der Waals surface area (Å²) in [4.78, 5) is 4.79. The molecule has 0 aliphatic heterocycles. The van der Waals surface area contributed by atoms with Gasteiger partial charge in [0.15, 0.2) is 5.96 Å². The van der Waals surface area contributed by atoms with Crippen LogP contribution in [-0.4, -0.2) is 40.3 Å². The highest BCUT2D eigenvalue weighted by Gasteiger charge is 2.44. The van der Waals surface area contributed by atoms with Gasteiger partial charge in [0.05, 0.1) is 6.54 Å². The fourth-order valence-electron chi connectivity index (χ4n) is 2.65. The lowest BCUT2D eigenvalue weighted by molar-refractivity contribution is 0.646. The molecule has 0 spiro atoms. The summed E-state index contributed by atoms with van der Waals surface area (Å²) in [6.07, 6.45) is 2.36.